The lowest BCUT2D eigenvalue weighted by Gasteiger charge is -2.25. The van der Waals surface area contributed by atoms with E-state index in [1.165, 1.54) is 0 Å². The standard InChI is InChI=1S/C17H22Cl2N6O/c1-20-17(21-8-11-3-4-12(18)7-14(11)19)22-13-5-6-16-23-15(10-26-2)24-25(16)9-13/h3-4,7,13H,5-6,8-10H2,1-2H3,(H2,20,21,22). The van der Waals surface area contributed by atoms with Crippen LogP contribution in [-0.4, -0.2) is 40.9 Å². The van der Waals surface area contributed by atoms with Gasteiger partial charge in [-0.1, -0.05) is 29.3 Å². The van der Waals surface area contributed by atoms with Crippen LogP contribution >= 0.6 is 23.2 Å². The number of hydrogen-bond donors (Lipinski definition) is 2. The minimum Gasteiger partial charge on any atom is -0.377 e. The molecule has 2 N–H and O–H groups in total. The molecule has 26 heavy (non-hydrogen) atoms. The molecule has 2 heterocycles. The lowest BCUT2D eigenvalue weighted by atomic mass is 10.1. The Morgan fingerprint density at radius 2 is 2.27 bits per heavy atom. The number of benzene rings is 1. The van der Waals surface area contributed by atoms with Crippen LogP contribution in [0.25, 0.3) is 0 Å². The van der Waals surface area contributed by atoms with Crippen molar-refractivity contribution in [1.29, 1.82) is 0 Å². The fourth-order valence-electron chi connectivity index (χ4n) is 2.90. The summed E-state index contributed by atoms with van der Waals surface area (Å²) in [5.74, 6) is 2.45. The smallest absolute Gasteiger partial charge is 0.191 e. The number of hydrogen-bond acceptors (Lipinski definition) is 4. The van der Waals surface area contributed by atoms with E-state index in [2.05, 4.69) is 25.7 Å². The van der Waals surface area contributed by atoms with Crippen LogP contribution in [-0.2, 0) is 30.9 Å². The summed E-state index contributed by atoms with van der Waals surface area (Å²) in [6.07, 6.45) is 1.84. The molecule has 0 bridgehead atoms. The molecule has 1 atom stereocenters. The van der Waals surface area contributed by atoms with Crippen molar-refractivity contribution in [1.82, 2.24) is 25.4 Å². The first-order valence-corrected chi connectivity index (χ1v) is 9.17. The van der Waals surface area contributed by atoms with E-state index in [1.54, 1.807) is 20.2 Å². The van der Waals surface area contributed by atoms with E-state index in [9.17, 15) is 0 Å². The molecule has 7 nitrogen and oxygen atoms in total. The first kappa shape index (κ1) is 18.9. The SMILES string of the molecule is CN=C(NCc1ccc(Cl)cc1Cl)NC1CCc2nc(COC)nn2C1. The molecule has 140 valence electrons. The summed E-state index contributed by atoms with van der Waals surface area (Å²) in [5.41, 5.74) is 0.963. The minimum absolute atomic E-state index is 0.228. The molecule has 9 heteroatoms. The van der Waals surface area contributed by atoms with E-state index in [1.807, 2.05) is 16.8 Å². The molecule has 3 rings (SSSR count). The summed E-state index contributed by atoms with van der Waals surface area (Å²) in [7, 11) is 3.40. The summed E-state index contributed by atoms with van der Waals surface area (Å²) in [6, 6.07) is 5.70. The van der Waals surface area contributed by atoms with Crippen LogP contribution < -0.4 is 10.6 Å². The van der Waals surface area contributed by atoms with Gasteiger partial charge in [-0.05, 0) is 24.1 Å². The Labute approximate surface area is 162 Å². The van der Waals surface area contributed by atoms with E-state index in [-0.39, 0.29) is 6.04 Å². The highest BCUT2D eigenvalue weighted by atomic mass is 35.5. The van der Waals surface area contributed by atoms with Gasteiger partial charge in [0, 0.05) is 43.2 Å². The second-order valence-corrected chi connectivity index (χ2v) is 6.94. The number of fused-ring (bicyclic) bond motifs is 1. The van der Waals surface area contributed by atoms with Crippen molar-refractivity contribution >= 4 is 29.2 Å². The topological polar surface area (TPSA) is 76.4 Å². The lowest BCUT2D eigenvalue weighted by Crippen LogP contribution is -2.46. The first-order chi connectivity index (χ1) is 12.6. The molecule has 1 aliphatic heterocycles. The van der Waals surface area contributed by atoms with Gasteiger partial charge in [0.15, 0.2) is 11.8 Å². The molecule has 0 aliphatic carbocycles. The zero-order valence-corrected chi connectivity index (χ0v) is 16.3. The Morgan fingerprint density at radius 3 is 3.00 bits per heavy atom. The summed E-state index contributed by atoms with van der Waals surface area (Å²) in [4.78, 5) is 8.79. The summed E-state index contributed by atoms with van der Waals surface area (Å²) >= 11 is 12.2. The normalized spacial score (nSPS) is 17.1. The highest BCUT2D eigenvalue weighted by molar-refractivity contribution is 6.35. The van der Waals surface area contributed by atoms with E-state index in [0.29, 0.717) is 23.2 Å². The molecule has 2 aromatic rings. The quantitative estimate of drug-likeness (QED) is 0.599. The summed E-state index contributed by atoms with van der Waals surface area (Å²) in [5, 5.41) is 12.5. The Balaban J connectivity index is 1.56. The van der Waals surface area contributed by atoms with E-state index >= 15 is 0 Å². The zero-order valence-electron chi connectivity index (χ0n) is 14.8. The molecular formula is C17H22Cl2N6O. The van der Waals surface area contributed by atoms with Gasteiger partial charge in [0.05, 0.1) is 6.54 Å². The van der Waals surface area contributed by atoms with Crippen molar-refractivity contribution in [3.8, 4) is 0 Å². The van der Waals surface area contributed by atoms with Crippen molar-refractivity contribution in [2.75, 3.05) is 14.2 Å². The third-order valence-electron chi connectivity index (χ3n) is 4.20. The molecule has 0 saturated heterocycles. The van der Waals surface area contributed by atoms with Crippen molar-refractivity contribution < 1.29 is 4.74 Å². The van der Waals surface area contributed by atoms with E-state index < -0.39 is 0 Å². The van der Waals surface area contributed by atoms with Crippen LogP contribution in [0.1, 0.15) is 23.6 Å². The molecule has 0 radical (unpaired) electrons. The Kier molecular flexibility index (Phi) is 6.34. The number of nitrogens with one attached hydrogen (secondary N) is 2. The fraction of sp³-hybridized carbons (Fsp3) is 0.471. The number of rotatable bonds is 5. The maximum atomic E-state index is 6.22. The van der Waals surface area contributed by atoms with Gasteiger partial charge >= 0.3 is 0 Å². The first-order valence-electron chi connectivity index (χ1n) is 8.41. The number of aliphatic imine (C=N–C) groups is 1. The van der Waals surface area contributed by atoms with Crippen LogP contribution in [0.5, 0.6) is 0 Å². The molecule has 0 spiro atoms. The number of nitrogens with zero attached hydrogens (tertiary/aromatic N) is 4. The summed E-state index contributed by atoms with van der Waals surface area (Å²) < 4.78 is 7.05. The largest absolute Gasteiger partial charge is 0.377 e. The Morgan fingerprint density at radius 1 is 1.42 bits per heavy atom. The number of aromatic nitrogens is 3. The minimum atomic E-state index is 0.228. The fourth-order valence-corrected chi connectivity index (χ4v) is 3.38. The van der Waals surface area contributed by atoms with Gasteiger partial charge in [-0.2, -0.15) is 5.10 Å². The molecule has 1 unspecified atom stereocenters. The third kappa shape index (κ3) is 4.66. The van der Waals surface area contributed by atoms with Crippen LogP contribution in [0.15, 0.2) is 23.2 Å². The predicted molar refractivity (Wildman–Crippen MR) is 103 cm³/mol. The average molecular weight is 397 g/mol. The Hall–Kier alpha value is -1.83. The lowest BCUT2D eigenvalue weighted by molar-refractivity contribution is 0.177. The molecule has 1 aromatic carbocycles. The van der Waals surface area contributed by atoms with Gasteiger partial charge in [-0.3, -0.25) is 4.99 Å². The molecule has 1 aliphatic rings. The van der Waals surface area contributed by atoms with Crippen molar-refractivity contribution in [2.24, 2.45) is 4.99 Å². The highest BCUT2D eigenvalue weighted by Crippen LogP contribution is 2.20. The van der Waals surface area contributed by atoms with Gasteiger partial charge in [-0.25, -0.2) is 9.67 Å². The number of guanidine groups is 1. The number of aryl methyl sites for hydroxylation is 1. The highest BCUT2D eigenvalue weighted by Gasteiger charge is 2.22. The van der Waals surface area contributed by atoms with Crippen LogP contribution in [0, 0.1) is 0 Å². The molecule has 0 saturated carbocycles. The second-order valence-electron chi connectivity index (χ2n) is 6.10. The third-order valence-corrected chi connectivity index (χ3v) is 4.79. The van der Waals surface area contributed by atoms with Gasteiger partial charge in [-0.15, -0.1) is 0 Å². The number of methoxy groups -OCH3 is 1. The maximum absolute atomic E-state index is 6.22. The van der Waals surface area contributed by atoms with Gasteiger partial charge in [0.2, 0.25) is 0 Å². The van der Waals surface area contributed by atoms with E-state index in [0.717, 1.165) is 42.6 Å². The number of halogens is 2. The average Bonchev–Trinajstić information content (AvgIpc) is 3.01. The number of ether oxygens (including phenoxy) is 1. The zero-order chi connectivity index (χ0) is 18.5. The molecular weight excluding hydrogens is 375 g/mol. The predicted octanol–water partition coefficient (Wildman–Crippen LogP) is 2.41. The molecule has 0 amide bonds. The van der Waals surface area contributed by atoms with Gasteiger partial charge < -0.3 is 15.4 Å². The van der Waals surface area contributed by atoms with Crippen molar-refractivity contribution in [3.05, 3.63) is 45.5 Å². The Bertz CT molecular complexity index is 792. The van der Waals surface area contributed by atoms with Crippen molar-refractivity contribution in [2.45, 2.75) is 38.6 Å². The monoisotopic (exact) mass is 396 g/mol. The van der Waals surface area contributed by atoms with Crippen LogP contribution in [0.4, 0.5) is 0 Å². The summed E-state index contributed by atoms with van der Waals surface area (Å²) in [6.45, 7) is 1.74. The van der Waals surface area contributed by atoms with Crippen molar-refractivity contribution in [3.63, 3.8) is 0 Å². The maximum Gasteiger partial charge on any atom is 0.191 e. The van der Waals surface area contributed by atoms with Crippen LogP contribution in [0.3, 0.4) is 0 Å². The van der Waals surface area contributed by atoms with Gasteiger partial charge in [0.1, 0.15) is 12.4 Å². The second kappa shape index (κ2) is 8.70. The van der Waals surface area contributed by atoms with E-state index in [4.69, 9.17) is 27.9 Å². The molecule has 0 fully saturated rings. The van der Waals surface area contributed by atoms with Gasteiger partial charge in [0.25, 0.3) is 0 Å². The molecule has 1 aromatic heterocycles. The van der Waals surface area contributed by atoms with Crippen LogP contribution in [0.2, 0.25) is 10.0 Å².